The van der Waals surface area contributed by atoms with E-state index >= 15 is 0 Å². The molecule has 2 aromatic carbocycles. The van der Waals surface area contributed by atoms with Crippen LogP contribution in [0.5, 0.6) is 0 Å². The molecule has 0 aliphatic carbocycles. The van der Waals surface area contributed by atoms with Crippen molar-refractivity contribution in [2.24, 2.45) is 0 Å². The lowest BCUT2D eigenvalue weighted by molar-refractivity contribution is -0.137. The average Bonchev–Trinajstić information content (AvgIpc) is 2.76. The van der Waals surface area contributed by atoms with E-state index in [1.54, 1.807) is 0 Å². The quantitative estimate of drug-likeness (QED) is 0.613. The van der Waals surface area contributed by atoms with Crippen LogP contribution < -0.4 is 4.90 Å². The van der Waals surface area contributed by atoms with Crippen molar-refractivity contribution in [3.63, 3.8) is 0 Å². The van der Waals surface area contributed by atoms with Crippen LogP contribution in [-0.4, -0.2) is 35.5 Å². The van der Waals surface area contributed by atoms with Gasteiger partial charge in [0, 0.05) is 12.0 Å². The summed E-state index contributed by atoms with van der Waals surface area (Å²) in [6.45, 7) is 1.26. The minimum absolute atomic E-state index is 0.00779. The van der Waals surface area contributed by atoms with Crippen molar-refractivity contribution in [3.8, 4) is 12.1 Å². The summed E-state index contributed by atoms with van der Waals surface area (Å²) >= 11 is 0. The maximum Gasteiger partial charge on any atom is 0.416 e. The molecule has 0 saturated heterocycles. The third kappa shape index (κ3) is 4.78. The molecule has 0 bridgehead atoms. The van der Waals surface area contributed by atoms with Gasteiger partial charge in [0.25, 0.3) is 0 Å². The molecule has 0 aromatic heterocycles. The molecule has 1 heterocycles. The standard InChI is InChI=1S/C22H18F3N5O4S2/c1-13-18(12-27)20(17-8-7-14(11-26)9-19(17)35(2,28)32)30(36(3,33)34)21(31)29(13)16-6-4-5-15(10-16)22(23,24)25/h4-10,20,28H,1-3H3/t20-,35?/m1/s1. The maximum absolute atomic E-state index is 13.6. The van der Waals surface area contributed by atoms with Crippen LogP contribution in [0.4, 0.5) is 23.7 Å². The van der Waals surface area contributed by atoms with Crippen molar-refractivity contribution < 1.29 is 30.6 Å². The normalized spacial score (nSPS) is 18.4. The molecule has 0 spiro atoms. The second kappa shape index (κ2) is 8.96. The van der Waals surface area contributed by atoms with Gasteiger partial charge in [0.1, 0.15) is 6.04 Å². The minimum atomic E-state index is -4.75. The van der Waals surface area contributed by atoms with Gasteiger partial charge in [0.15, 0.2) is 0 Å². The number of hydrogen-bond donors (Lipinski definition) is 1. The number of rotatable bonds is 4. The summed E-state index contributed by atoms with van der Waals surface area (Å²) in [6.07, 6.45) is -3.05. The number of carbonyl (C=O) groups is 1. The van der Waals surface area contributed by atoms with Gasteiger partial charge in [-0.05, 0) is 42.8 Å². The highest BCUT2D eigenvalue weighted by Crippen LogP contribution is 2.43. The number of amides is 2. The zero-order valence-corrected chi connectivity index (χ0v) is 20.6. The van der Waals surface area contributed by atoms with Gasteiger partial charge in [0.05, 0.1) is 55.4 Å². The van der Waals surface area contributed by atoms with E-state index in [4.69, 9.17) is 4.78 Å². The Morgan fingerprint density at radius 1 is 1.03 bits per heavy atom. The zero-order valence-electron chi connectivity index (χ0n) is 19.0. The van der Waals surface area contributed by atoms with Crippen LogP contribution in [0.25, 0.3) is 0 Å². The van der Waals surface area contributed by atoms with Crippen molar-refractivity contribution in [1.29, 1.82) is 15.3 Å². The second-order valence-electron chi connectivity index (χ2n) is 7.95. The predicted molar refractivity (Wildman–Crippen MR) is 123 cm³/mol. The minimum Gasteiger partial charge on any atom is -0.265 e. The number of nitriles is 2. The molecule has 1 N–H and O–H groups in total. The van der Waals surface area contributed by atoms with Crippen LogP contribution in [0.2, 0.25) is 0 Å². The molecule has 1 aliphatic rings. The van der Waals surface area contributed by atoms with Gasteiger partial charge in [-0.2, -0.15) is 23.7 Å². The first-order valence-electron chi connectivity index (χ1n) is 9.91. The van der Waals surface area contributed by atoms with Gasteiger partial charge in [-0.25, -0.2) is 26.5 Å². The van der Waals surface area contributed by atoms with Gasteiger partial charge in [-0.15, -0.1) is 0 Å². The van der Waals surface area contributed by atoms with E-state index in [-0.39, 0.29) is 33.0 Å². The van der Waals surface area contributed by atoms with E-state index in [9.17, 15) is 41.1 Å². The molecule has 2 atom stereocenters. The Morgan fingerprint density at radius 3 is 2.17 bits per heavy atom. The summed E-state index contributed by atoms with van der Waals surface area (Å²) < 4.78 is 86.7. The average molecular weight is 538 g/mol. The summed E-state index contributed by atoms with van der Waals surface area (Å²) in [5, 5.41) is 19.2. The molecule has 3 rings (SSSR count). The third-order valence-corrected chi connectivity index (χ3v) is 7.65. The zero-order chi connectivity index (χ0) is 27.2. The lowest BCUT2D eigenvalue weighted by atomic mass is 9.94. The van der Waals surface area contributed by atoms with Crippen LogP contribution in [0.1, 0.15) is 29.7 Å². The summed E-state index contributed by atoms with van der Waals surface area (Å²) in [7, 11) is -8.07. The van der Waals surface area contributed by atoms with Crippen LogP contribution in [-0.2, 0) is 25.9 Å². The highest BCUT2D eigenvalue weighted by Gasteiger charge is 2.46. The summed E-state index contributed by atoms with van der Waals surface area (Å²) in [5.41, 5.74) is -2.06. The van der Waals surface area contributed by atoms with Gasteiger partial charge < -0.3 is 0 Å². The van der Waals surface area contributed by atoms with Crippen LogP contribution in [0, 0.1) is 27.4 Å². The topological polar surface area (TPSA) is 146 Å². The Morgan fingerprint density at radius 2 is 1.67 bits per heavy atom. The molecule has 2 amide bonds. The molecule has 188 valence electrons. The number of carbonyl (C=O) groups excluding carboxylic acids is 1. The number of nitrogens with one attached hydrogen (secondary N) is 1. The molecule has 14 heteroatoms. The first-order chi connectivity index (χ1) is 16.5. The lowest BCUT2D eigenvalue weighted by Gasteiger charge is -2.40. The third-order valence-electron chi connectivity index (χ3n) is 5.38. The fraction of sp³-hybridized carbons (Fsp3) is 0.227. The number of anilines is 1. The van der Waals surface area contributed by atoms with Crippen molar-refractivity contribution in [1.82, 2.24) is 4.31 Å². The largest absolute Gasteiger partial charge is 0.416 e. The SMILES string of the molecule is CC1=C(C#N)[C@@H](c2ccc(C#N)cc2S(C)(=N)=O)N(S(C)(=O)=O)C(=O)N1c1cccc(C(F)(F)F)c1. The number of urea groups is 1. The predicted octanol–water partition coefficient (Wildman–Crippen LogP) is 4.35. The van der Waals surface area contributed by atoms with E-state index < -0.39 is 43.6 Å². The number of allylic oxidation sites excluding steroid dienone is 1. The Bertz CT molecular complexity index is 1600. The highest BCUT2D eigenvalue weighted by molar-refractivity contribution is 7.91. The van der Waals surface area contributed by atoms with Crippen molar-refractivity contribution in [2.75, 3.05) is 17.4 Å². The molecule has 36 heavy (non-hydrogen) atoms. The Hall–Kier alpha value is -3.88. The Balaban J connectivity index is 2.40. The number of benzene rings is 2. The van der Waals surface area contributed by atoms with E-state index in [1.807, 2.05) is 12.1 Å². The molecular weight excluding hydrogens is 519 g/mol. The maximum atomic E-state index is 13.6. The fourth-order valence-corrected chi connectivity index (χ4v) is 5.79. The number of hydrogen-bond acceptors (Lipinski definition) is 7. The monoisotopic (exact) mass is 537 g/mol. The van der Waals surface area contributed by atoms with Crippen molar-refractivity contribution >= 4 is 31.5 Å². The number of nitrogens with zero attached hydrogens (tertiary/aromatic N) is 4. The number of halogens is 3. The van der Waals surface area contributed by atoms with Crippen LogP contribution >= 0.6 is 0 Å². The molecule has 0 fully saturated rings. The van der Waals surface area contributed by atoms with Crippen LogP contribution in [0.15, 0.2) is 58.6 Å². The van der Waals surface area contributed by atoms with Crippen molar-refractivity contribution in [3.05, 3.63) is 70.4 Å². The number of alkyl halides is 3. The Kier molecular flexibility index (Phi) is 6.65. The lowest BCUT2D eigenvalue weighted by Crippen LogP contribution is -2.51. The summed E-state index contributed by atoms with van der Waals surface area (Å²) in [4.78, 5) is 14.0. The van der Waals surface area contributed by atoms with E-state index in [2.05, 4.69) is 0 Å². The van der Waals surface area contributed by atoms with Crippen LogP contribution in [0.3, 0.4) is 0 Å². The Labute approximate surface area is 205 Å². The number of sulfonamides is 1. The molecule has 9 nitrogen and oxygen atoms in total. The first-order valence-corrected chi connectivity index (χ1v) is 13.7. The summed E-state index contributed by atoms with van der Waals surface area (Å²) in [6, 6.07) is 7.85. The van der Waals surface area contributed by atoms with Gasteiger partial charge in [-0.3, -0.25) is 4.90 Å². The van der Waals surface area contributed by atoms with E-state index in [0.717, 1.165) is 30.5 Å². The summed E-state index contributed by atoms with van der Waals surface area (Å²) in [5.74, 6) is 0. The van der Waals surface area contributed by atoms with Crippen molar-refractivity contribution in [2.45, 2.75) is 24.0 Å². The smallest absolute Gasteiger partial charge is 0.265 e. The van der Waals surface area contributed by atoms with Gasteiger partial charge in [0.2, 0.25) is 10.0 Å². The second-order valence-corrected chi connectivity index (χ2v) is 11.9. The van der Waals surface area contributed by atoms with Gasteiger partial charge in [-0.1, -0.05) is 12.1 Å². The van der Waals surface area contributed by atoms with E-state index in [0.29, 0.717) is 21.5 Å². The molecule has 1 unspecified atom stereocenters. The highest BCUT2D eigenvalue weighted by atomic mass is 32.2. The molecule has 0 saturated carbocycles. The fourth-order valence-electron chi connectivity index (χ4n) is 3.84. The van der Waals surface area contributed by atoms with E-state index in [1.165, 1.54) is 19.1 Å². The first kappa shape index (κ1) is 26.7. The van der Waals surface area contributed by atoms with Gasteiger partial charge >= 0.3 is 12.2 Å². The molecule has 2 aromatic rings. The molecule has 1 aliphatic heterocycles. The molecule has 0 radical (unpaired) electrons. The molecular formula is C22H18F3N5O4S2.